The summed E-state index contributed by atoms with van der Waals surface area (Å²) in [7, 11) is 2.00. The van der Waals surface area contributed by atoms with Gasteiger partial charge in [-0.1, -0.05) is 13.8 Å². The molecular weight excluding hydrogens is 188 g/mol. The van der Waals surface area contributed by atoms with E-state index in [2.05, 4.69) is 37.9 Å². The molecule has 0 aliphatic heterocycles. The average Bonchev–Trinajstić information content (AvgIpc) is 2.17. The van der Waals surface area contributed by atoms with E-state index in [9.17, 15) is 0 Å². The van der Waals surface area contributed by atoms with Crippen LogP contribution in [0, 0.1) is 5.41 Å². The summed E-state index contributed by atoms with van der Waals surface area (Å²) < 4.78 is 0. The third-order valence-electron chi connectivity index (χ3n) is 3.16. The van der Waals surface area contributed by atoms with Crippen LogP contribution >= 0.6 is 0 Å². The molecule has 0 aromatic heterocycles. The number of nitrogens with zero attached hydrogens (tertiary/aromatic N) is 1. The lowest BCUT2D eigenvalue weighted by atomic mass is 9.86. The summed E-state index contributed by atoms with van der Waals surface area (Å²) >= 11 is 0. The molecule has 0 radical (unpaired) electrons. The second-order valence-corrected chi connectivity index (χ2v) is 4.98. The Labute approximate surface area is 94.9 Å². The SMILES string of the molecule is CCC(C)(CNC)CN(CCO)C(C)C. The minimum absolute atomic E-state index is 0.248. The number of nitrogens with one attached hydrogen (secondary N) is 1. The molecule has 1 atom stereocenters. The van der Waals surface area contributed by atoms with Crippen molar-refractivity contribution in [3.05, 3.63) is 0 Å². The first-order valence-electron chi connectivity index (χ1n) is 5.98. The molecule has 0 rings (SSSR count). The Morgan fingerprint density at radius 3 is 2.33 bits per heavy atom. The molecule has 0 saturated carbocycles. The fraction of sp³-hybridized carbons (Fsp3) is 1.00. The normalized spacial score (nSPS) is 16.0. The van der Waals surface area contributed by atoms with Crippen molar-refractivity contribution in [1.82, 2.24) is 10.2 Å². The quantitative estimate of drug-likeness (QED) is 0.642. The molecule has 2 N–H and O–H groups in total. The molecule has 0 aromatic rings. The molecule has 0 spiro atoms. The van der Waals surface area contributed by atoms with Crippen LogP contribution in [-0.4, -0.2) is 49.3 Å². The van der Waals surface area contributed by atoms with Crippen LogP contribution in [0.15, 0.2) is 0 Å². The Bertz CT molecular complexity index is 162. The van der Waals surface area contributed by atoms with Gasteiger partial charge in [0.15, 0.2) is 0 Å². The molecule has 0 aliphatic rings. The number of aliphatic hydroxyl groups excluding tert-OH is 1. The summed E-state index contributed by atoms with van der Waals surface area (Å²) in [6, 6.07) is 0.500. The van der Waals surface area contributed by atoms with Crippen LogP contribution < -0.4 is 5.32 Å². The van der Waals surface area contributed by atoms with E-state index in [0.29, 0.717) is 11.5 Å². The van der Waals surface area contributed by atoms with Gasteiger partial charge in [0, 0.05) is 25.7 Å². The molecule has 0 fully saturated rings. The highest BCUT2D eigenvalue weighted by molar-refractivity contribution is 4.80. The van der Waals surface area contributed by atoms with Crippen molar-refractivity contribution >= 4 is 0 Å². The van der Waals surface area contributed by atoms with E-state index in [-0.39, 0.29) is 6.61 Å². The molecule has 0 saturated heterocycles. The largest absolute Gasteiger partial charge is 0.395 e. The van der Waals surface area contributed by atoms with Gasteiger partial charge in [-0.3, -0.25) is 4.90 Å². The van der Waals surface area contributed by atoms with Crippen LogP contribution in [0.2, 0.25) is 0 Å². The van der Waals surface area contributed by atoms with Gasteiger partial charge in [-0.25, -0.2) is 0 Å². The number of hydrogen-bond acceptors (Lipinski definition) is 3. The Kier molecular flexibility index (Phi) is 7.14. The van der Waals surface area contributed by atoms with E-state index in [0.717, 1.165) is 26.1 Å². The predicted molar refractivity (Wildman–Crippen MR) is 66.1 cm³/mol. The molecule has 15 heavy (non-hydrogen) atoms. The van der Waals surface area contributed by atoms with Crippen molar-refractivity contribution in [2.24, 2.45) is 5.41 Å². The molecule has 1 unspecified atom stereocenters. The monoisotopic (exact) mass is 216 g/mol. The molecule has 0 bridgehead atoms. The molecule has 0 aliphatic carbocycles. The third kappa shape index (κ3) is 5.50. The van der Waals surface area contributed by atoms with Crippen molar-refractivity contribution in [1.29, 1.82) is 0 Å². The maximum Gasteiger partial charge on any atom is 0.0558 e. The minimum atomic E-state index is 0.248. The molecule has 0 amide bonds. The van der Waals surface area contributed by atoms with E-state index < -0.39 is 0 Å². The van der Waals surface area contributed by atoms with E-state index >= 15 is 0 Å². The summed E-state index contributed by atoms with van der Waals surface area (Å²) in [6.07, 6.45) is 1.16. The minimum Gasteiger partial charge on any atom is -0.395 e. The van der Waals surface area contributed by atoms with E-state index in [1.54, 1.807) is 0 Å². The van der Waals surface area contributed by atoms with Gasteiger partial charge in [0.2, 0.25) is 0 Å². The van der Waals surface area contributed by atoms with E-state index in [1.165, 1.54) is 0 Å². The second-order valence-electron chi connectivity index (χ2n) is 4.98. The Balaban J connectivity index is 4.33. The second kappa shape index (κ2) is 7.20. The first-order chi connectivity index (χ1) is 6.99. The van der Waals surface area contributed by atoms with Crippen LogP contribution in [0.25, 0.3) is 0 Å². The van der Waals surface area contributed by atoms with Crippen LogP contribution in [0.3, 0.4) is 0 Å². The van der Waals surface area contributed by atoms with Crippen molar-refractivity contribution in [2.75, 3.05) is 33.3 Å². The number of aliphatic hydroxyl groups is 1. The summed E-state index contributed by atoms with van der Waals surface area (Å²) in [5, 5.41) is 12.3. The lowest BCUT2D eigenvalue weighted by Crippen LogP contribution is -2.45. The molecule has 3 nitrogen and oxygen atoms in total. The first-order valence-corrected chi connectivity index (χ1v) is 5.98. The third-order valence-corrected chi connectivity index (χ3v) is 3.16. The summed E-state index contributed by atoms with van der Waals surface area (Å²) in [4.78, 5) is 2.35. The number of hydrogen-bond donors (Lipinski definition) is 2. The highest BCUT2D eigenvalue weighted by Crippen LogP contribution is 2.22. The first kappa shape index (κ1) is 14.9. The molecule has 0 aromatic carbocycles. The van der Waals surface area contributed by atoms with Gasteiger partial charge < -0.3 is 10.4 Å². The van der Waals surface area contributed by atoms with E-state index in [1.807, 2.05) is 7.05 Å². The van der Waals surface area contributed by atoms with Gasteiger partial charge in [0.05, 0.1) is 6.61 Å². The average molecular weight is 216 g/mol. The van der Waals surface area contributed by atoms with E-state index in [4.69, 9.17) is 5.11 Å². The zero-order chi connectivity index (χ0) is 11.9. The molecule has 0 heterocycles. The van der Waals surface area contributed by atoms with Gasteiger partial charge in [0.1, 0.15) is 0 Å². The van der Waals surface area contributed by atoms with Crippen LogP contribution in [0.1, 0.15) is 34.1 Å². The Morgan fingerprint density at radius 2 is 2.00 bits per heavy atom. The maximum absolute atomic E-state index is 9.03. The number of rotatable bonds is 8. The summed E-state index contributed by atoms with van der Waals surface area (Å²) in [6.45, 7) is 12.0. The Hall–Kier alpha value is -0.120. The van der Waals surface area contributed by atoms with Gasteiger partial charge in [0.25, 0.3) is 0 Å². The van der Waals surface area contributed by atoms with Crippen molar-refractivity contribution in [2.45, 2.75) is 40.2 Å². The maximum atomic E-state index is 9.03. The lowest BCUT2D eigenvalue weighted by molar-refractivity contribution is 0.105. The van der Waals surface area contributed by atoms with Crippen LogP contribution in [0.5, 0.6) is 0 Å². The van der Waals surface area contributed by atoms with Gasteiger partial charge >= 0.3 is 0 Å². The molecular formula is C12H28N2O. The van der Waals surface area contributed by atoms with Crippen LogP contribution in [0.4, 0.5) is 0 Å². The lowest BCUT2D eigenvalue weighted by Gasteiger charge is -2.36. The van der Waals surface area contributed by atoms with Gasteiger partial charge in [-0.2, -0.15) is 0 Å². The fourth-order valence-electron chi connectivity index (χ4n) is 1.86. The van der Waals surface area contributed by atoms with Gasteiger partial charge in [-0.05, 0) is 32.7 Å². The van der Waals surface area contributed by atoms with Crippen molar-refractivity contribution < 1.29 is 5.11 Å². The van der Waals surface area contributed by atoms with Crippen molar-refractivity contribution in [3.8, 4) is 0 Å². The van der Waals surface area contributed by atoms with Crippen molar-refractivity contribution in [3.63, 3.8) is 0 Å². The van der Waals surface area contributed by atoms with Crippen LogP contribution in [-0.2, 0) is 0 Å². The van der Waals surface area contributed by atoms with Gasteiger partial charge in [-0.15, -0.1) is 0 Å². The standard InChI is InChI=1S/C12H28N2O/c1-6-12(4,9-13-5)10-14(7-8-15)11(2)3/h11,13,15H,6-10H2,1-5H3. The topological polar surface area (TPSA) is 35.5 Å². The highest BCUT2D eigenvalue weighted by atomic mass is 16.3. The molecule has 92 valence electrons. The molecule has 3 heteroatoms. The predicted octanol–water partition coefficient (Wildman–Crippen LogP) is 1.32. The smallest absolute Gasteiger partial charge is 0.0558 e. The Morgan fingerprint density at radius 1 is 1.40 bits per heavy atom. The summed E-state index contributed by atoms with van der Waals surface area (Å²) in [5.74, 6) is 0. The summed E-state index contributed by atoms with van der Waals surface area (Å²) in [5.41, 5.74) is 0.300. The highest BCUT2D eigenvalue weighted by Gasteiger charge is 2.25. The fourth-order valence-corrected chi connectivity index (χ4v) is 1.86. The zero-order valence-corrected chi connectivity index (χ0v) is 11.0. The zero-order valence-electron chi connectivity index (χ0n) is 11.0.